The average molecular weight is 456 g/mol. The summed E-state index contributed by atoms with van der Waals surface area (Å²) in [5.74, 6) is 1.74. The second kappa shape index (κ2) is 10.9. The molecule has 3 N–H and O–H groups in total. The minimum absolute atomic E-state index is 0.184. The van der Waals surface area contributed by atoms with Crippen LogP contribution in [-0.4, -0.2) is 38.6 Å². The van der Waals surface area contributed by atoms with Crippen LogP contribution >= 0.6 is 0 Å². The van der Waals surface area contributed by atoms with Crippen molar-refractivity contribution in [2.45, 2.75) is 31.6 Å². The fourth-order valence-electron chi connectivity index (χ4n) is 3.01. The lowest BCUT2D eigenvalue weighted by Gasteiger charge is -2.12. The molecule has 0 spiro atoms. The zero-order valence-corrected chi connectivity index (χ0v) is 19.4. The Balaban J connectivity index is 1.61. The Bertz CT molecular complexity index is 1120. The molecule has 0 aliphatic heterocycles. The number of aryl methyl sites for hydroxylation is 2. The van der Waals surface area contributed by atoms with Crippen molar-refractivity contribution >= 4 is 27.5 Å². The van der Waals surface area contributed by atoms with E-state index in [2.05, 4.69) is 32.2 Å². The van der Waals surface area contributed by atoms with Gasteiger partial charge in [-0.05, 0) is 49.7 Å². The zero-order chi connectivity index (χ0) is 23.0. The van der Waals surface area contributed by atoms with Crippen LogP contribution in [0.1, 0.15) is 24.6 Å². The number of hydrogen-bond acceptors (Lipinski definition) is 7. The van der Waals surface area contributed by atoms with E-state index in [4.69, 9.17) is 4.74 Å². The predicted molar refractivity (Wildman–Crippen MR) is 127 cm³/mol. The molecule has 0 radical (unpaired) electrons. The molecular formula is C23H29N5O3S. The molecule has 0 saturated heterocycles. The summed E-state index contributed by atoms with van der Waals surface area (Å²) < 4.78 is 32.5. The van der Waals surface area contributed by atoms with Crippen molar-refractivity contribution in [3.63, 3.8) is 0 Å². The summed E-state index contributed by atoms with van der Waals surface area (Å²) in [5.41, 5.74) is 3.04. The Labute approximate surface area is 189 Å². The summed E-state index contributed by atoms with van der Waals surface area (Å²) in [4.78, 5) is 9.24. The average Bonchev–Trinajstić information content (AvgIpc) is 2.78. The Morgan fingerprint density at radius 2 is 1.69 bits per heavy atom. The molecule has 0 amide bonds. The SMILES string of the molecule is CCCc1cc(Nc2ccc(C)cc2)nc(NCCNS(=O)(=O)c2ccc(OC)cc2)n1. The lowest BCUT2D eigenvalue weighted by molar-refractivity contribution is 0.414. The van der Waals surface area contributed by atoms with Crippen LogP contribution in [0.4, 0.5) is 17.5 Å². The van der Waals surface area contributed by atoms with Gasteiger partial charge in [-0.25, -0.2) is 18.1 Å². The maximum atomic E-state index is 12.4. The number of nitrogens with one attached hydrogen (secondary N) is 3. The number of aromatic nitrogens is 2. The first-order valence-electron chi connectivity index (χ1n) is 10.5. The van der Waals surface area contributed by atoms with Gasteiger partial charge in [0, 0.05) is 30.5 Å². The van der Waals surface area contributed by atoms with Gasteiger partial charge in [-0.1, -0.05) is 31.0 Å². The van der Waals surface area contributed by atoms with Gasteiger partial charge in [0.15, 0.2) is 0 Å². The van der Waals surface area contributed by atoms with Crippen molar-refractivity contribution in [2.24, 2.45) is 0 Å². The molecule has 9 heteroatoms. The fourth-order valence-corrected chi connectivity index (χ4v) is 4.04. The lowest BCUT2D eigenvalue weighted by Crippen LogP contribution is -2.29. The third kappa shape index (κ3) is 6.66. The van der Waals surface area contributed by atoms with Crippen molar-refractivity contribution in [3.05, 3.63) is 65.9 Å². The molecule has 0 saturated carbocycles. The molecule has 0 aliphatic carbocycles. The minimum atomic E-state index is -3.61. The predicted octanol–water partition coefficient (Wildman–Crippen LogP) is 3.88. The van der Waals surface area contributed by atoms with Crippen LogP contribution in [0.3, 0.4) is 0 Å². The number of ether oxygens (including phenoxy) is 1. The van der Waals surface area contributed by atoms with Crippen LogP contribution in [0.2, 0.25) is 0 Å². The molecule has 2 aromatic carbocycles. The van der Waals surface area contributed by atoms with Crippen LogP contribution in [0.5, 0.6) is 5.75 Å². The zero-order valence-electron chi connectivity index (χ0n) is 18.6. The molecule has 3 aromatic rings. The lowest BCUT2D eigenvalue weighted by atomic mass is 10.2. The molecule has 0 aliphatic rings. The molecule has 0 bridgehead atoms. The van der Waals surface area contributed by atoms with Crippen LogP contribution in [0.25, 0.3) is 0 Å². The van der Waals surface area contributed by atoms with Gasteiger partial charge in [0.05, 0.1) is 12.0 Å². The Morgan fingerprint density at radius 3 is 2.34 bits per heavy atom. The van der Waals surface area contributed by atoms with Gasteiger partial charge in [-0.3, -0.25) is 0 Å². The fraction of sp³-hybridized carbons (Fsp3) is 0.304. The van der Waals surface area contributed by atoms with Gasteiger partial charge in [-0.15, -0.1) is 0 Å². The van der Waals surface area contributed by atoms with E-state index in [0.29, 0.717) is 24.1 Å². The first-order valence-corrected chi connectivity index (χ1v) is 12.0. The smallest absolute Gasteiger partial charge is 0.240 e. The first-order chi connectivity index (χ1) is 15.4. The quantitative estimate of drug-likeness (QED) is 0.377. The van der Waals surface area contributed by atoms with Crippen molar-refractivity contribution in [2.75, 3.05) is 30.8 Å². The van der Waals surface area contributed by atoms with Gasteiger partial charge in [-0.2, -0.15) is 4.98 Å². The third-order valence-corrected chi connectivity index (χ3v) is 6.16. The summed E-state index contributed by atoms with van der Waals surface area (Å²) in [5, 5.41) is 6.41. The Morgan fingerprint density at radius 1 is 0.969 bits per heavy atom. The van der Waals surface area contributed by atoms with Crippen LogP contribution in [-0.2, 0) is 16.4 Å². The van der Waals surface area contributed by atoms with E-state index < -0.39 is 10.0 Å². The number of nitrogens with zero attached hydrogens (tertiary/aromatic N) is 2. The van der Waals surface area contributed by atoms with Crippen LogP contribution in [0.15, 0.2) is 59.5 Å². The van der Waals surface area contributed by atoms with Gasteiger partial charge in [0.2, 0.25) is 16.0 Å². The standard InChI is InChI=1S/C23H29N5O3S/c1-4-5-19-16-22(26-18-8-6-17(2)7-9-18)28-23(27-19)24-14-15-25-32(29,30)21-12-10-20(31-3)11-13-21/h6-13,16,25H,4-5,14-15H2,1-3H3,(H2,24,26,27,28). The summed E-state index contributed by atoms with van der Waals surface area (Å²) in [6.07, 6.45) is 1.78. The Hall–Kier alpha value is -3.17. The number of benzene rings is 2. The van der Waals surface area contributed by atoms with E-state index in [1.807, 2.05) is 37.3 Å². The van der Waals surface area contributed by atoms with E-state index in [1.54, 1.807) is 12.1 Å². The molecule has 0 atom stereocenters. The maximum absolute atomic E-state index is 12.4. The molecule has 0 unspecified atom stereocenters. The maximum Gasteiger partial charge on any atom is 0.240 e. The van der Waals surface area contributed by atoms with E-state index in [-0.39, 0.29) is 11.4 Å². The highest BCUT2D eigenvalue weighted by Crippen LogP contribution is 2.18. The van der Waals surface area contributed by atoms with Crippen molar-refractivity contribution in [1.29, 1.82) is 0 Å². The van der Waals surface area contributed by atoms with E-state index in [1.165, 1.54) is 24.8 Å². The van der Waals surface area contributed by atoms with E-state index in [9.17, 15) is 8.42 Å². The van der Waals surface area contributed by atoms with Crippen molar-refractivity contribution in [1.82, 2.24) is 14.7 Å². The second-order valence-corrected chi connectivity index (χ2v) is 9.08. The number of anilines is 3. The number of sulfonamides is 1. The monoisotopic (exact) mass is 455 g/mol. The van der Waals surface area contributed by atoms with Gasteiger partial charge < -0.3 is 15.4 Å². The molecular weight excluding hydrogens is 426 g/mol. The number of hydrogen-bond donors (Lipinski definition) is 3. The van der Waals surface area contributed by atoms with Crippen molar-refractivity contribution in [3.8, 4) is 5.75 Å². The normalized spacial score (nSPS) is 11.2. The number of methoxy groups -OCH3 is 1. The summed E-state index contributed by atoms with van der Waals surface area (Å²) in [6, 6.07) is 16.2. The number of rotatable bonds is 11. The summed E-state index contributed by atoms with van der Waals surface area (Å²) in [7, 11) is -2.07. The van der Waals surface area contributed by atoms with Gasteiger partial charge >= 0.3 is 0 Å². The van der Waals surface area contributed by atoms with Crippen LogP contribution < -0.4 is 20.1 Å². The molecule has 170 valence electrons. The van der Waals surface area contributed by atoms with Gasteiger partial charge in [0.25, 0.3) is 0 Å². The largest absolute Gasteiger partial charge is 0.497 e. The third-order valence-electron chi connectivity index (χ3n) is 4.68. The highest BCUT2D eigenvalue weighted by Gasteiger charge is 2.13. The molecule has 3 rings (SSSR count). The molecule has 1 heterocycles. The highest BCUT2D eigenvalue weighted by molar-refractivity contribution is 7.89. The second-order valence-electron chi connectivity index (χ2n) is 7.31. The van der Waals surface area contributed by atoms with Crippen molar-refractivity contribution < 1.29 is 13.2 Å². The molecule has 8 nitrogen and oxygen atoms in total. The first kappa shape index (κ1) is 23.5. The molecule has 0 fully saturated rings. The highest BCUT2D eigenvalue weighted by atomic mass is 32.2. The molecule has 32 heavy (non-hydrogen) atoms. The summed E-state index contributed by atoms with van der Waals surface area (Å²) in [6.45, 7) is 4.67. The van der Waals surface area contributed by atoms with E-state index >= 15 is 0 Å². The summed E-state index contributed by atoms with van der Waals surface area (Å²) >= 11 is 0. The van der Waals surface area contributed by atoms with Gasteiger partial charge in [0.1, 0.15) is 11.6 Å². The molecule has 1 aromatic heterocycles. The van der Waals surface area contributed by atoms with E-state index in [0.717, 1.165) is 24.2 Å². The Kier molecular flexibility index (Phi) is 8.02. The topological polar surface area (TPSA) is 105 Å². The van der Waals surface area contributed by atoms with Crippen LogP contribution in [0, 0.1) is 6.92 Å². The minimum Gasteiger partial charge on any atom is -0.497 e.